The third-order valence-corrected chi connectivity index (χ3v) is 4.23. The van der Waals surface area contributed by atoms with Gasteiger partial charge >= 0.3 is 0 Å². The van der Waals surface area contributed by atoms with Gasteiger partial charge in [0, 0.05) is 13.1 Å². The molecule has 0 N–H and O–H groups in total. The number of nitriles is 1. The molecule has 0 spiro atoms. The first-order chi connectivity index (χ1) is 12.1. The molecule has 1 aliphatic rings. The van der Waals surface area contributed by atoms with Crippen LogP contribution in [0.4, 0.5) is 5.69 Å². The highest BCUT2D eigenvalue weighted by Crippen LogP contribution is 2.28. The van der Waals surface area contributed by atoms with Crippen molar-refractivity contribution in [3.63, 3.8) is 0 Å². The highest BCUT2D eigenvalue weighted by Gasteiger charge is 2.16. The molecule has 132 valence electrons. The van der Waals surface area contributed by atoms with E-state index < -0.39 is 0 Å². The molecule has 25 heavy (non-hydrogen) atoms. The van der Waals surface area contributed by atoms with Crippen LogP contribution in [0.5, 0.6) is 0 Å². The van der Waals surface area contributed by atoms with E-state index in [1.807, 2.05) is 25.2 Å². The summed E-state index contributed by atoms with van der Waals surface area (Å²) in [6.07, 6.45) is 11.1. The molecule has 0 aliphatic heterocycles. The molecule has 1 heterocycles. The van der Waals surface area contributed by atoms with Crippen LogP contribution in [-0.4, -0.2) is 25.2 Å². The minimum atomic E-state index is 0.680. The van der Waals surface area contributed by atoms with Crippen LogP contribution >= 0.6 is 0 Å². The summed E-state index contributed by atoms with van der Waals surface area (Å²) in [7, 11) is 1.68. The third kappa shape index (κ3) is 4.51. The standard InChI is InChI=1S/C21H27N3O/c1-5-12-24(13-6-2)21-14-20(23-16(3)19(21)15-22)17-8-7-9-18(25-4)11-10-17/h8-11,14H,5-7,12-13H2,1-4H3. The van der Waals surface area contributed by atoms with Crippen LogP contribution in [0.1, 0.15) is 50.1 Å². The maximum Gasteiger partial charge on any atom is 0.115 e. The number of ether oxygens (including phenoxy) is 1. The quantitative estimate of drug-likeness (QED) is 0.719. The number of nitrogens with zero attached hydrogens (tertiary/aromatic N) is 3. The van der Waals surface area contributed by atoms with Crippen molar-refractivity contribution in [1.29, 1.82) is 5.26 Å². The molecule has 0 fully saturated rings. The molecule has 4 nitrogen and oxygen atoms in total. The molecule has 1 aromatic rings. The Morgan fingerprint density at radius 2 is 1.92 bits per heavy atom. The minimum Gasteiger partial charge on any atom is -0.497 e. The van der Waals surface area contributed by atoms with E-state index in [1.54, 1.807) is 7.11 Å². The normalized spacial score (nSPS) is 13.6. The average Bonchev–Trinajstić information content (AvgIpc) is 2.86. The van der Waals surface area contributed by atoms with Gasteiger partial charge in [0.2, 0.25) is 0 Å². The van der Waals surface area contributed by atoms with E-state index in [1.165, 1.54) is 0 Å². The van der Waals surface area contributed by atoms with Gasteiger partial charge in [-0.25, -0.2) is 0 Å². The molecule has 0 saturated heterocycles. The number of rotatable bonds is 7. The van der Waals surface area contributed by atoms with Gasteiger partial charge in [0.15, 0.2) is 0 Å². The number of pyridine rings is 1. The molecular weight excluding hydrogens is 310 g/mol. The number of allylic oxidation sites excluding steroid dienone is 5. The Kier molecular flexibility index (Phi) is 6.82. The maximum absolute atomic E-state index is 9.63. The largest absolute Gasteiger partial charge is 0.497 e. The Hall–Kier alpha value is -2.54. The summed E-state index contributed by atoms with van der Waals surface area (Å²) in [6, 6.07) is 4.41. The Morgan fingerprint density at radius 1 is 1.20 bits per heavy atom. The van der Waals surface area contributed by atoms with Crippen LogP contribution in [0.3, 0.4) is 0 Å². The van der Waals surface area contributed by atoms with Crippen molar-refractivity contribution in [3.8, 4) is 6.07 Å². The van der Waals surface area contributed by atoms with Crippen LogP contribution in [-0.2, 0) is 4.74 Å². The van der Waals surface area contributed by atoms with Gasteiger partial charge in [-0.15, -0.1) is 0 Å². The Labute approximate surface area is 151 Å². The zero-order chi connectivity index (χ0) is 18.2. The fourth-order valence-electron chi connectivity index (χ4n) is 3.04. The Morgan fingerprint density at radius 3 is 2.52 bits per heavy atom. The molecule has 4 heteroatoms. The van der Waals surface area contributed by atoms with Crippen LogP contribution in [0.2, 0.25) is 0 Å². The number of anilines is 1. The van der Waals surface area contributed by atoms with E-state index in [0.29, 0.717) is 5.56 Å². The number of methoxy groups -OCH3 is 1. The van der Waals surface area contributed by atoms with Gasteiger partial charge in [0.1, 0.15) is 11.8 Å². The Balaban J connectivity index is 2.48. The lowest BCUT2D eigenvalue weighted by molar-refractivity contribution is 0.306. The van der Waals surface area contributed by atoms with Crippen LogP contribution in [0.15, 0.2) is 36.1 Å². The van der Waals surface area contributed by atoms with Gasteiger partial charge in [-0.2, -0.15) is 5.26 Å². The highest BCUT2D eigenvalue weighted by molar-refractivity contribution is 5.77. The second-order valence-electron chi connectivity index (χ2n) is 6.13. The second-order valence-corrected chi connectivity index (χ2v) is 6.13. The number of hydrogen-bond acceptors (Lipinski definition) is 4. The summed E-state index contributed by atoms with van der Waals surface area (Å²) in [5.74, 6) is 0.857. The summed E-state index contributed by atoms with van der Waals surface area (Å²) in [5.41, 5.74) is 4.42. The Bertz CT molecular complexity index is 732. The van der Waals surface area contributed by atoms with E-state index >= 15 is 0 Å². The lowest BCUT2D eigenvalue weighted by Gasteiger charge is -2.26. The third-order valence-electron chi connectivity index (χ3n) is 4.23. The molecule has 1 aromatic heterocycles. The molecular formula is C21H27N3O. The predicted octanol–water partition coefficient (Wildman–Crippen LogP) is 4.76. The smallest absolute Gasteiger partial charge is 0.115 e. The summed E-state index contributed by atoms with van der Waals surface area (Å²) in [5, 5.41) is 9.63. The van der Waals surface area contributed by atoms with Crippen molar-refractivity contribution in [2.24, 2.45) is 0 Å². The summed E-state index contributed by atoms with van der Waals surface area (Å²) < 4.78 is 5.31. The van der Waals surface area contributed by atoms with Gasteiger partial charge in [0.05, 0.1) is 29.7 Å². The first-order valence-corrected chi connectivity index (χ1v) is 8.94. The van der Waals surface area contributed by atoms with Gasteiger partial charge in [0.25, 0.3) is 0 Å². The predicted molar refractivity (Wildman–Crippen MR) is 103 cm³/mol. The van der Waals surface area contributed by atoms with Crippen molar-refractivity contribution >= 4 is 11.3 Å². The SMILES string of the molecule is CCCN(CCC)c1cc(C2=CCC=C(OC)C=C2)nc(C)c1C#N. The minimum absolute atomic E-state index is 0.680. The molecule has 0 amide bonds. The highest BCUT2D eigenvalue weighted by atomic mass is 16.5. The van der Waals surface area contributed by atoms with E-state index in [4.69, 9.17) is 9.72 Å². The van der Waals surface area contributed by atoms with Crippen LogP contribution < -0.4 is 4.90 Å². The van der Waals surface area contributed by atoms with Crippen LogP contribution in [0, 0.1) is 18.3 Å². The lowest BCUT2D eigenvalue weighted by Crippen LogP contribution is -2.26. The summed E-state index contributed by atoms with van der Waals surface area (Å²) in [4.78, 5) is 6.99. The van der Waals surface area contributed by atoms with E-state index in [9.17, 15) is 5.26 Å². The molecule has 0 saturated carbocycles. The number of aryl methyl sites for hydroxylation is 1. The van der Waals surface area contributed by atoms with Crippen molar-refractivity contribution in [1.82, 2.24) is 4.98 Å². The monoisotopic (exact) mass is 337 g/mol. The molecule has 0 bridgehead atoms. The fourth-order valence-corrected chi connectivity index (χ4v) is 3.04. The van der Waals surface area contributed by atoms with Crippen molar-refractivity contribution in [2.75, 3.05) is 25.1 Å². The fraction of sp³-hybridized carbons (Fsp3) is 0.429. The summed E-state index contributed by atoms with van der Waals surface area (Å²) in [6.45, 7) is 8.13. The zero-order valence-corrected chi connectivity index (χ0v) is 15.7. The van der Waals surface area contributed by atoms with Gasteiger partial charge < -0.3 is 9.64 Å². The van der Waals surface area contributed by atoms with Crippen LogP contribution in [0.25, 0.3) is 5.57 Å². The second kappa shape index (κ2) is 9.08. The van der Waals surface area contributed by atoms with E-state index in [2.05, 4.69) is 37.0 Å². The summed E-state index contributed by atoms with van der Waals surface area (Å²) >= 11 is 0. The topological polar surface area (TPSA) is 49.1 Å². The molecule has 0 unspecified atom stereocenters. The van der Waals surface area contributed by atoms with Gasteiger partial charge in [-0.3, -0.25) is 4.98 Å². The first kappa shape index (κ1) is 18.8. The molecule has 0 atom stereocenters. The van der Waals surface area contributed by atoms with E-state index in [0.717, 1.165) is 60.8 Å². The molecule has 1 aliphatic carbocycles. The van der Waals surface area contributed by atoms with Crippen molar-refractivity contribution in [3.05, 3.63) is 53.1 Å². The number of aromatic nitrogens is 1. The van der Waals surface area contributed by atoms with Crippen molar-refractivity contribution < 1.29 is 4.74 Å². The first-order valence-electron chi connectivity index (χ1n) is 8.94. The molecule has 0 radical (unpaired) electrons. The average molecular weight is 337 g/mol. The van der Waals surface area contributed by atoms with E-state index in [-0.39, 0.29) is 0 Å². The van der Waals surface area contributed by atoms with Gasteiger partial charge in [-0.1, -0.05) is 19.9 Å². The molecule has 0 aromatic carbocycles. The number of hydrogen-bond donors (Lipinski definition) is 0. The van der Waals surface area contributed by atoms with Gasteiger partial charge in [-0.05, 0) is 56.1 Å². The molecule has 2 rings (SSSR count). The van der Waals surface area contributed by atoms with Crippen molar-refractivity contribution in [2.45, 2.75) is 40.0 Å². The maximum atomic E-state index is 9.63. The zero-order valence-electron chi connectivity index (χ0n) is 15.7. The lowest BCUT2D eigenvalue weighted by atomic mass is 10.0.